The summed E-state index contributed by atoms with van der Waals surface area (Å²) in [5.74, 6) is 0.611. The zero-order valence-electron chi connectivity index (χ0n) is 16.3. The Hall–Kier alpha value is -2.41. The van der Waals surface area contributed by atoms with Crippen LogP contribution in [0.2, 0.25) is 0 Å². The van der Waals surface area contributed by atoms with Crippen LogP contribution in [0.4, 0.5) is 9.18 Å². The Morgan fingerprint density at radius 1 is 1.26 bits per heavy atom. The minimum absolute atomic E-state index is 0.0150. The average molecular weight is 392 g/mol. The molecule has 0 unspecified atom stereocenters. The standard InChI is InChI=1S/C20H25FN2O3S/c1-13-14(2)27-18(23-13)16-6-8-17(9-7-16)25-12-15(10-21)11-22-19(24)26-20(3,4)5/h6-10H,11-12H2,1-5H3,(H,22,24)/b15-10+. The number of ether oxygens (including phenoxy) is 2. The van der Waals surface area contributed by atoms with Gasteiger partial charge in [0, 0.05) is 22.6 Å². The molecule has 1 N–H and O–H groups in total. The molecule has 5 nitrogen and oxygen atoms in total. The molecule has 1 amide bonds. The Morgan fingerprint density at radius 3 is 2.44 bits per heavy atom. The van der Waals surface area contributed by atoms with E-state index in [1.807, 2.05) is 38.1 Å². The van der Waals surface area contributed by atoms with Crippen molar-refractivity contribution in [2.24, 2.45) is 0 Å². The molecule has 0 aliphatic heterocycles. The Labute approximate surface area is 163 Å². The third-order valence-corrected chi connectivity index (χ3v) is 4.69. The van der Waals surface area contributed by atoms with Gasteiger partial charge in [0.15, 0.2) is 0 Å². The fourth-order valence-electron chi connectivity index (χ4n) is 2.09. The van der Waals surface area contributed by atoms with Crippen molar-refractivity contribution in [3.63, 3.8) is 0 Å². The summed E-state index contributed by atoms with van der Waals surface area (Å²) >= 11 is 1.65. The van der Waals surface area contributed by atoms with E-state index in [1.54, 1.807) is 32.1 Å². The van der Waals surface area contributed by atoms with Crippen LogP contribution in [0.15, 0.2) is 36.2 Å². The van der Waals surface area contributed by atoms with Gasteiger partial charge in [0.25, 0.3) is 0 Å². The quantitative estimate of drug-likeness (QED) is 0.735. The van der Waals surface area contributed by atoms with Gasteiger partial charge in [-0.25, -0.2) is 14.2 Å². The van der Waals surface area contributed by atoms with E-state index in [0.717, 1.165) is 16.3 Å². The van der Waals surface area contributed by atoms with Crippen LogP contribution >= 0.6 is 11.3 Å². The van der Waals surface area contributed by atoms with Gasteiger partial charge in [-0.05, 0) is 58.9 Å². The van der Waals surface area contributed by atoms with Crippen LogP contribution in [0.3, 0.4) is 0 Å². The second kappa shape index (κ2) is 8.99. The van der Waals surface area contributed by atoms with Crippen molar-refractivity contribution in [2.75, 3.05) is 13.2 Å². The van der Waals surface area contributed by atoms with Gasteiger partial charge in [-0.3, -0.25) is 0 Å². The van der Waals surface area contributed by atoms with Crippen LogP contribution in [-0.4, -0.2) is 29.8 Å². The van der Waals surface area contributed by atoms with E-state index in [1.165, 1.54) is 4.88 Å². The Morgan fingerprint density at radius 2 is 1.93 bits per heavy atom. The topological polar surface area (TPSA) is 60.5 Å². The van der Waals surface area contributed by atoms with Crippen LogP contribution in [0.25, 0.3) is 10.6 Å². The minimum atomic E-state index is -0.601. The SMILES string of the molecule is Cc1nc(-c2ccc(OC/C(=C/F)CNC(=O)OC(C)(C)C)cc2)sc1C. The van der Waals surface area contributed by atoms with Gasteiger partial charge < -0.3 is 14.8 Å². The van der Waals surface area contributed by atoms with Crippen LogP contribution < -0.4 is 10.1 Å². The Kier molecular flexibility index (Phi) is 6.96. The summed E-state index contributed by atoms with van der Waals surface area (Å²) in [5.41, 5.74) is 1.74. The van der Waals surface area contributed by atoms with Crippen LogP contribution in [0.5, 0.6) is 5.75 Å². The monoisotopic (exact) mass is 392 g/mol. The molecule has 0 saturated carbocycles. The molecule has 0 saturated heterocycles. The van der Waals surface area contributed by atoms with E-state index in [0.29, 0.717) is 17.7 Å². The third kappa shape index (κ3) is 6.67. The van der Waals surface area contributed by atoms with E-state index < -0.39 is 11.7 Å². The summed E-state index contributed by atoms with van der Waals surface area (Å²) in [6, 6.07) is 7.48. The zero-order chi connectivity index (χ0) is 20.0. The van der Waals surface area contributed by atoms with Crippen molar-refractivity contribution in [1.29, 1.82) is 0 Å². The molecule has 7 heteroatoms. The smallest absolute Gasteiger partial charge is 0.407 e. The molecule has 0 atom stereocenters. The first-order valence-electron chi connectivity index (χ1n) is 8.60. The normalized spacial score (nSPS) is 12.0. The lowest BCUT2D eigenvalue weighted by atomic mass is 10.2. The van der Waals surface area contributed by atoms with Crippen LogP contribution in [0.1, 0.15) is 31.3 Å². The van der Waals surface area contributed by atoms with Crippen molar-refractivity contribution in [2.45, 2.75) is 40.2 Å². The molecule has 0 aliphatic carbocycles. The number of nitrogens with zero attached hydrogens (tertiary/aromatic N) is 1. The number of thiazole rings is 1. The van der Waals surface area contributed by atoms with Gasteiger partial charge in [-0.15, -0.1) is 11.3 Å². The molecule has 0 radical (unpaired) electrons. The molecule has 2 aromatic rings. The highest BCUT2D eigenvalue weighted by Crippen LogP contribution is 2.28. The molecular weight excluding hydrogens is 367 g/mol. The number of hydrogen-bond acceptors (Lipinski definition) is 5. The predicted molar refractivity (Wildman–Crippen MR) is 106 cm³/mol. The second-order valence-electron chi connectivity index (χ2n) is 7.10. The van der Waals surface area contributed by atoms with E-state index in [9.17, 15) is 9.18 Å². The molecule has 1 aromatic heterocycles. The van der Waals surface area contributed by atoms with Crippen molar-refractivity contribution in [3.8, 4) is 16.3 Å². The maximum Gasteiger partial charge on any atom is 0.407 e. The second-order valence-corrected chi connectivity index (χ2v) is 8.30. The Bertz CT molecular complexity index is 788. The van der Waals surface area contributed by atoms with Gasteiger partial charge >= 0.3 is 6.09 Å². The highest BCUT2D eigenvalue weighted by atomic mass is 32.1. The first-order chi connectivity index (χ1) is 12.7. The number of amides is 1. The molecule has 0 bridgehead atoms. The summed E-state index contributed by atoms with van der Waals surface area (Å²) in [6.45, 7) is 9.37. The lowest BCUT2D eigenvalue weighted by molar-refractivity contribution is 0.0531. The molecule has 27 heavy (non-hydrogen) atoms. The van der Waals surface area contributed by atoms with Gasteiger partial charge in [-0.2, -0.15) is 0 Å². The number of hydrogen-bond donors (Lipinski definition) is 1. The fraction of sp³-hybridized carbons (Fsp3) is 0.400. The number of aryl methyl sites for hydroxylation is 2. The van der Waals surface area contributed by atoms with Crippen molar-refractivity contribution < 1.29 is 18.7 Å². The minimum Gasteiger partial charge on any atom is -0.489 e. The number of alkyl carbamates (subject to hydrolysis) is 1. The largest absolute Gasteiger partial charge is 0.489 e. The third-order valence-electron chi connectivity index (χ3n) is 3.57. The number of benzene rings is 1. The first-order valence-corrected chi connectivity index (χ1v) is 9.42. The van der Waals surface area contributed by atoms with E-state index in [4.69, 9.17) is 9.47 Å². The van der Waals surface area contributed by atoms with Crippen LogP contribution in [0, 0.1) is 13.8 Å². The number of carbonyl (C=O) groups excluding carboxylic acids is 1. The molecule has 0 spiro atoms. The number of nitrogens with one attached hydrogen (secondary N) is 1. The lowest BCUT2D eigenvalue weighted by Gasteiger charge is -2.20. The highest BCUT2D eigenvalue weighted by molar-refractivity contribution is 7.15. The summed E-state index contributed by atoms with van der Waals surface area (Å²) in [6.07, 6.45) is -0.160. The van der Waals surface area contributed by atoms with Gasteiger partial charge in [-0.1, -0.05) is 0 Å². The zero-order valence-corrected chi connectivity index (χ0v) is 17.1. The maximum atomic E-state index is 13.0. The Balaban J connectivity index is 1.86. The van der Waals surface area contributed by atoms with Gasteiger partial charge in [0.1, 0.15) is 23.0 Å². The summed E-state index contributed by atoms with van der Waals surface area (Å²) in [5, 5.41) is 3.47. The van der Waals surface area contributed by atoms with Gasteiger partial charge in [0.05, 0.1) is 12.0 Å². The molecule has 146 valence electrons. The first kappa shape index (κ1) is 20.9. The molecule has 1 aromatic carbocycles. The molecular formula is C20H25FN2O3S. The molecule has 1 heterocycles. The maximum absolute atomic E-state index is 13.0. The van der Waals surface area contributed by atoms with Gasteiger partial charge in [0.2, 0.25) is 0 Å². The van der Waals surface area contributed by atoms with Crippen molar-refractivity contribution in [3.05, 3.63) is 46.7 Å². The summed E-state index contributed by atoms with van der Waals surface area (Å²) in [7, 11) is 0. The van der Waals surface area contributed by atoms with Crippen molar-refractivity contribution in [1.82, 2.24) is 10.3 Å². The number of carbonyl (C=O) groups is 1. The predicted octanol–water partition coefficient (Wildman–Crippen LogP) is 5.18. The lowest BCUT2D eigenvalue weighted by Crippen LogP contribution is -2.34. The van der Waals surface area contributed by atoms with E-state index >= 15 is 0 Å². The average Bonchev–Trinajstić information content (AvgIpc) is 2.93. The molecule has 0 fully saturated rings. The van der Waals surface area contributed by atoms with Crippen LogP contribution in [-0.2, 0) is 4.74 Å². The van der Waals surface area contributed by atoms with Crippen molar-refractivity contribution >= 4 is 17.4 Å². The molecule has 2 rings (SSSR count). The molecule has 0 aliphatic rings. The number of aromatic nitrogens is 1. The highest BCUT2D eigenvalue weighted by Gasteiger charge is 2.16. The summed E-state index contributed by atoms with van der Waals surface area (Å²) < 4.78 is 23.7. The number of halogens is 1. The fourth-order valence-corrected chi connectivity index (χ4v) is 3.01. The number of rotatable bonds is 6. The van der Waals surface area contributed by atoms with E-state index in [-0.39, 0.29) is 13.2 Å². The van der Waals surface area contributed by atoms with E-state index in [2.05, 4.69) is 10.3 Å². The summed E-state index contributed by atoms with van der Waals surface area (Å²) in [4.78, 5) is 17.3.